The molecule has 3 rings (SSSR count). The highest BCUT2D eigenvalue weighted by Gasteiger charge is 2.26. The van der Waals surface area contributed by atoms with Crippen LogP contribution in [-0.2, 0) is 6.54 Å². The molecule has 0 aliphatic carbocycles. The van der Waals surface area contributed by atoms with Gasteiger partial charge in [-0.15, -0.1) is 6.58 Å². The Balaban J connectivity index is 2.15. The number of nitrogens with zero attached hydrogens (tertiary/aromatic N) is 1. The lowest BCUT2D eigenvalue weighted by Gasteiger charge is -2.28. The fourth-order valence-corrected chi connectivity index (χ4v) is 3.04. The van der Waals surface area contributed by atoms with E-state index in [1.807, 2.05) is 6.08 Å². The van der Waals surface area contributed by atoms with Gasteiger partial charge >= 0.3 is 0 Å². The highest BCUT2D eigenvalue weighted by Crippen LogP contribution is 2.41. The Morgan fingerprint density at radius 1 is 1.30 bits per heavy atom. The smallest absolute Gasteiger partial charge is 0.161 e. The Labute approximate surface area is 119 Å². The van der Waals surface area contributed by atoms with E-state index in [1.165, 1.54) is 16.8 Å². The summed E-state index contributed by atoms with van der Waals surface area (Å²) in [6, 6.07) is 8.49. The van der Waals surface area contributed by atoms with E-state index < -0.39 is 0 Å². The molecule has 1 aliphatic heterocycles. The number of rotatable bonds is 4. The van der Waals surface area contributed by atoms with Gasteiger partial charge in [0, 0.05) is 24.4 Å². The quantitative estimate of drug-likeness (QED) is 0.792. The summed E-state index contributed by atoms with van der Waals surface area (Å²) in [6.45, 7) is 4.78. The lowest BCUT2D eigenvalue weighted by Crippen LogP contribution is -2.18. The summed E-state index contributed by atoms with van der Waals surface area (Å²) in [5.74, 6) is 1.92. The first-order valence-electron chi connectivity index (χ1n) is 6.79. The summed E-state index contributed by atoms with van der Waals surface area (Å²) in [5.41, 5.74) is 3.94. The van der Waals surface area contributed by atoms with Crippen LogP contribution in [0.2, 0.25) is 0 Å². The molecule has 3 nitrogen and oxygen atoms in total. The normalized spacial score (nSPS) is 16.2. The minimum atomic E-state index is 0.339. The molecule has 20 heavy (non-hydrogen) atoms. The molecule has 1 aromatic carbocycles. The molecular weight excluding hydrogens is 250 g/mol. The summed E-state index contributed by atoms with van der Waals surface area (Å²) in [6.07, 6.45) is 5.03. The van der Waals surface area contributed by atoms with Crippen molar-refractivity contribution < 1.29 is 9.47 Å². The van der Waals surface area contributed by atoms with E-state index in [4.69, 9.17) is 9.47 Å². The van der Waals surface area contributed by atoms with Gasteiger partial charge in [0.25, 0.3) is 0 Å². The first-order valence-corrected chi connectivity index (χ1v) is 6.79. The van der Waals surface area contributed by atoms with Crippen LogP contribution in [-0.4, -0.2) is 18.8 Å². The molecule has 1 aliphatic rings. The monoisotopic (exact) mass is 269 g/mol. The molecule has 0 N–H and O–H groups in total. The van der Waals surface area contributed by atoms with E-state index >= 15 is 0 Å². The standard InChI is InChI=1S/C17H19NO2/c1-4-6-13-14-10-17(20-3)16(19-2)9-12(14)11-18-8-5-7-15(13)18/h4-5,7-10,13H,1,6,11H2,2-3H3. The van der Waals surface area contributed by atoms with Gasteiger partial charge < -0.3 is 14.0 Å². The molecule has 0 saturated carbocycles. The van der Waals surface area contributed by atoms with Crippen molar-refractivity contribution in [2.75, 3.05) is 14.2 Å². The topological polar surface area (TPSA) is 23.4 Å². The number of hydrogen-bond acceptors (Lipinski definition) is 2. The predicted molar refractivity (Wildman–Crippen MR) is 79.7 cm³/mol. The van der Waals surface area contributed by atoms with Crippen LogP contribution in [0.25, 0.3) is 0 Å². The minimum absolute atomic E-state index is 0.339. The van der Waals surface area contributed by atoms with Gasteiger partial charge in [0.15, 0.2) is 11.5 Å². The van der Waals surface area contributed by atoms with Gasteiger partial charge in [0.1, 0.15) is 0 Å². The molecule has 0 fully saturated rings. The highest BCUT2D eigenvalue weighted by molar-refractivity contribution is 5.52. The molecule has 0 spiro atoms. The molecular formula is C17H19NO2. The average Bonchev–Trinajstić information content (AvgIpc) is 2.93. The molecule has 3 heteroatoms. The third-order valence-electron chi connectivity index (χ3n) is 3.99. The van der Waals surface area contributed by atoms with E-state index in [9.17, 15) is 0 Å². The van der Waals surface area contributed by atoms with Gasteiger partial charge in [-0.05, 0) is 41.8 Å². The highest BCUT2D eigenvalue weighted by atomic mass is 16.5. The van der Waals surface area contributed by atoms with Gasteiger partial charge in [-0.1, -0.05) is 6.08 Å². The number of allylic oxidation sites excluding steroid dienone is 1. The van der Waals surface area contributed by atoms with Crippen LogP contribution in [0, 0.1) is 0 Å². The largest absolute Gasteiger partial charge is 0.493 e. The molecule has 0 amide bonds. The third-order valence-corrected chi connectivity index (χ3v) is 3.99. The van der Waals surface area contributed by atoms with Crippen molar-refractivity contribution in [3.63, 3.8) is 0 Å². The maximum absolute atomic E-state index is 5.44. The SMILES string of the molecule is C=CCC1c2cc(OC)c(OC)cc2Cn2cccc21. The fourth-order valence-electron chi connectivity index (χ4n) is 3.04. The van der Waals surface area contributed by atoms with Crippen LogP contribution in [0.5, 0.6) is 11.5 Å². The minimum Gasteiger partial charge on any atom is -0.493 e. The van der Waals surface area contributed by atoms with E-state index in [-0.39, 0.29) is 0 Å². The zero-order valence-corrected chi connectivity index (χ0v) is 11.9. The van der Waals surface area contributed by atoms with E-state index in [0.717, 1.165) is 24.5 Å². The third kappa shape index (κ3) is 1.90. The lowest BCUT2D eigenvalue weighted by atomic mass is 9.86. The lowest BCUT2D eigenvalue weighted by molar-refractivity contribution is 0.353. The van der Waals surface area contributed by atoms with Gasteiger partial charge in [-0.3, -0.25) is 0 Å². The number of aromatic nitrogens is 1. The number of ether oxygens (including phenoxy) is 2. The Kier molecular flexibility index (Phi) is 3.26. The van der Waals surface area contributed by atoms with Crippen LogP contribution >= 0.6 is 0 Å². The van der Waals surface area contributed by atoms with Gasteiger partial charge in [0.05, 0.1) is 14.2 Å². The Bertz CT molecular complexity index is 642. The van der Waals surface area contributed by atoms with Crippen molar-refractivity contribution in [2.24, 2.45) is 0 Å². The zero-order chi connectivity index (χ0) is 14.1. The second kappa shape index (κ2) is 5.08. The second-order valence-electron chi connectivity index (χ2n) is 5.04. The fraction of sp³-hybridized carbons (Fsp3) is 0.294. The summed E-state index contributed by atoms with van der Waals surface area (Å²) in [4.78, 5) is 0. The number of hydrogen-bond donors (Lipinski definition) is 0. The molecule has 1 aromatic heterocycles. The first kappa shape index (κ1) is 12.9. The van der Waals surface area contributed by atoms with E-state index in [0.29, 0.717) is 5.92 Å². The Hall–Kier alpha value is -2.16. The molecule has 104 valence electrons. The van der Waals surface area contributed by atoms with Gasteiger partial charge in [-0.25, -0.2) is 0 Å². The number of benzene rings is 1. The maximum atomic E-state index is 5.44. The average molecular weight is 269 g/mol. The van der Waals surface area contributed by atoms with Crippen molar-refractivity contribution in [1.82, 2.24) is 4.57 Å². The van der Waals surface area contributed by atoms with Crippen molar-refractivity contribution >= 4 is 0 Å². The van der Waals surface area contributed by atoms with Crippen LogP contribution < -0.4 is 9.47 Å². The Morgan fingerprint density at radius 2 is 2.05 bits per heavy atom. The summed E-state index contributed by atoms with van der Waals surface area (Å²) in [7, 11) is 3.35. The number of fused-ring (bicyclic) bond motifs is 2. The Morgan fingerprint density at radius 3 is 2.75 bits per heavy atom. The molecule has 0 radical (unpaired) electrons. The van der Waals surface area contributed by atoms with Crippen molar-refractivity contribution in [1.29, 1.82) is 0 Å². The molecule has 2 heterocycles. The predicted octanol–water partition coefficient (Wildman–Crippen LogP) is 3.58. The van der Waals surface area contributed by atoms with Gasteiger partial charge in [0.2, 0.25) is 0 Å². The second-order valence-corrected chi connectivity index (χ2v) is 5.04. The summed E-state index contributed by atoms with van der Waals surface area (Å²) >= 11 is 0. The van der Waals surface area contributed by atoms with Gasteiger partial charge in [-0.2, -0.15) is 0 Å². The van der Waals surface area contributed by atoms with E-state index in [2.05, 4.69) is 41.6 Å². The van der Waals surface area contributed by atoms with Crippen LogP contribution in [0.3, 0.4) is 0 Å². The van der Waals surface area contributed by atoms with Crippen molar-refractivity contribution in [3.8, 4) is 11.5 Å². The first-order chi connectivity index (χ1) is 9.78. The van der Waals surface area contributed by atoms with E-state index in [1.54, 1.807) is 14.2 Å². The zero-order valence-electron chi connectivity index (χ0n) is 11.9. The summed E-state index contributed by atoms with van der Waals surface area (Å²) < 4.78 is 13.1. The van der Waals surface area contributed by atoms with Crippen LogP contribution in [0.4, 0.5) is 0 Å². The molecule has 2 aromatic rings. The summed E-state index contributed by atoms with van der Waals surface area (Å²) in [5, 5.41) is 0. The van der Waals surface area contributed by atoms with Crippen LogP contribution in [0.15, 0.2) is 43.1 Å². The maximum Gasteiger partial charge on any atom is 0.161 e. The molecule has 0 saturated heterocycles. The van der Waals surface area contributed by atoms with Crippen LogP contribution in [0.1, 0.15) is 29.2 Å². The molecule has 1 atom stereocenters. The van der Waals surface area contributed by atoms with Crippen molar-refractivity contribution in [2.45, 2.75) is 18.9 Å². The van der Waals surface area contributed by atoms with Crippen molar-refractivity contribution in [3.05, 3.63) is 59.9 Å². The molecule has 0 bridgehead atoms. The molecule has 1 unspecified atom stereocenters. The number of methoxy groups -OCH3 is 2.